The van der Waals surface area contributed by atoms with Crippen LogP contribution in [0, 0.1) is 17.8 Å². The summed E-state index contributed by atoms with van der Waals surface area (Å²) in [7, 11) is 0. The fraction of sp³-hybridized carbons (Fsp3) is 0.917. The standard InChI is InChI=1S/C12H22N2O2/c1-8-5-13-6-11(8)12(15)14-9(2)10-3-4-16-7-10/h8-11,13H,3-7H2,1-2H3,(H,14,15)/t8-,9?,10?,11-/m1/s1. The van der Waals surface area contributed by atoms with Crippen molar-refractivity contribution in [3.8, 4) is 0 Å². The van der Waals surface area contributed by atoms with Gasteiger partial charge in [-0.1, -0.05) is 6.92 Å². The van der Waals surface area contributed by atoms with Gasteiger partial charge >= 0.3 is 0 Å². The van der Waals surface area contributed by atoms with E-state index in [-0.39, 0.29) is 17.9 Å². The third-order valence-corrected chi connectivity index (χ3v) is 3.90. The second kappa shape index (κ2) is 5.15. The van der Waals surface area contributed by atoms with Crippen molar-refractivity contribution in [1.29, 1.82) is 0 Å². The first-order chi connectivity index (χ1) is 7.68. The van der Waals surface area contributed by atoms with Crippen molar-refractivity contribution in [2.45, 2.75) is 26.3 Å². The molecule has 2 unspecified atom stereocenters. The summed E-state index contributed by atoms with van der Waals surface area (Å²) in [5, 5.41) is 6.40. The molecule has 0 aliphatic carbocycles. The molecule has 0 aromatic carbocycles. The number of carbonyl (C=O) groups is 1. The molecular weight excluding hydrogens is 204 g/mol. The summed E-state index contributed by atoms with van der Waals surface area (Å²) < 4.78 is 5.34. The third-order valence-electron chi connectivity index (χ3n) is 3.90. The number of rotatable bonds is 3. The molecule has 16 heavy (non-hydrogen) atoms. The van der Waals surface area contributed by atoms with Crippen LogP contribution in [0.1, 0.15) is 20.3 Å². The average Bonchev–Trinajstić information content (AvgIpc) is 2.86. The van der Waals surface area contributed by atoms with Crippen molar-refractivity contribution in [3.05, 3.63) is 0 Å². The minimum Gasteiger partial charge on any atom is -0.381 e. The molecule has 2 heterocycles. The van der Waals surface area contributed by atoms with E-state index in [4.69, 9.17) is 4.74 Å². The van der Waals surface area contributed by atoms with E-state index in [0.717, 1.165) is 32.7 Å². The predicted octanol–water partition coefficient (Wildman–Crippen LogP) is 0.383. The van der Waals surface area contributed by atoms with Gasteiger partial charge in [-0.05, 0) is 25.8 Å². The molecule has 4 atom stereocenters. The SMILES string of the molecule is CC(NC(=O)[C@@H]1CNC[C@H]1C)C1CCOC1. The van der Waals surface area contributed by atoms with Crippen LogP contribution in [0.3, 0.4) is 0 Å². The van der Waals surface area contributed by atoms with Crippen LogP contribution >= 0.6 is 0 Å². The van der Waals surface area contributed by atoms with Crippen LogP contribution in [0.25, 0.3) is 0 Å². The molecule has 2 N–H and O–H groups in total. The minimum atomic E-state index is 0.143. The van der Waals surface area contributed by atoms with E-state index < -0.39 is 0 Å². The Balaban J connectivity index is 1.81. The summed E-state index contributed by atoms with van der Waals surface area (Å²) in [5.74, 6) is 1.29. The summed E-state index contributed by atoms with van der Waals surface area (Å²) in [4.78, 5) is 12.0. The van der Waals surface area contributed by atoms with Gasteiger partial charge in [-0.15, -0.1) is 0 Å². The van der Waals surface area contributed by atoms with Crippen molar-refractivity contribution in [1.82, 2.24) is 10.6 Å². The Kier molecular flexibility index (Phi) is 3.82. The molecule has 2 fully saturated rings. The Labute approximate surface area is 97.1 Å². The molecule has 1 amide bonds. The molecule has 2 rings (SSSR count). The zero-order valence-corrected chi connectivity index (χ0v) is 10.2. The Morgan fingerprint density at radius 1 is 1.50 bits per heavy atom. The number of amides is 1. The number of carbonyl (C=O) groups excluding carboxylic acids is 1. The lowest BCUT2D eigenvalue weighted by molar-refractivity contribution is -0.126. The minimum absolute atomic E-state index is 0.143. The Morgan fingerprint density at radius 2 is 2.31 bits per heavy atom. The third kappa shape index (κ3) is 2.55. The van der Waals surface area contributed by atoms with Gasteiger partial charge in [-0.3, -0.25) is 4.79 Å². The van der Waals surface area contributed by atoms with E-state index in [9.17, 15) is 4.79 Å². The number of ether oxygens (including phenoxy) is 1. The molecule has 2 saturated heterocycles. The first-order valence-electron chi connectivity index (χ1n) is 6.27. The topological polar surface area (TPSA) is 50.4 Å². The molecule has 2 aliphatic rings. The van der Waals surface area contributed by atoms with Gasteiger partial charge in [0.05, 0.1) is 12.5 Å². The van der Waals surface area contributed by atoms with E-state index >= 15 is 0 Å². The monoisotopic (exact) mass is 226 g/mol. The molecule has 4 heteroatoms. The molecule has 0 spiro atoms. The molecule has 0 bridgehead atoms. The van der Waals surface area contributed by atoms with Crippen molar-refractivity contribution in [3.63, 3.8) is 0 Å². The smallest absolute Gasteiger partial charge is 0.224 e. The van der Waals surface area contributed by atoms with Crippen LogP contribution < -0.4 is 10.6 Å². The van der Waals surface area contributed by atoms with E-state index in [1.807, 2.05) is 0 Å². The molecule has 0 aromatic rings. The highest BCUT2D eigenvalue weighted by Crippen LogP contribution is 2.19. The Morgan fingerprint density at radius 3 is 2.88 bits per heavy atom. The highest BCUT2D eigenvalue weighted by molar-refractivity contribution is 5.79. The van der Waals surface area contributed by atoms with Gasteiger partial charge in [0.2, 0.25) is 5.91 Å². The van der Waals surface area contributed by atoms with E-state index in [2.05, 4.69) is 24.5 Å². The maximum atomic E-state index is 12.0. The normalized spacial score (nSPS) is 36.2. The lowest BCUT2D eigenvalue weighted by Crippen LogP contribution is -2.43. The summed E-state index contributed by atoms with van der Waals surface area (Å²) in [6.07, 6.45) is 1.07. The van der Waals surface area contributed by atoms with Gasteiger partial charge in [0.25, 0.3) is 0 Å². The van der Waals surface area contributed by atoms with Gasteiger partial charge in [0.15, 0.2) is 0 Å². The molecule has 92 valence electrons. The van der Waals surface area contributed by atoms with Gasteiger partial charge in [-0.25, -0.2) is 0 Å². The fourth-order valence-corrected chi connectivity index (χ4v) is 2.56. The van der Waals surface area contributed by atoms with E-state index in [1.54, 1.807) is 0 Å². The predicted molar refractivity (Wildman–Crippen MR) is 62.1 cm³/mol. The lowest BCUT2D eigenvalue weighted by atomic mass is 9.95. The molecule has 0 saturated carbocycles. The number of nitrogens with one attached hydrogen (secondary N) is 2. The van der Waals surface area contributed by atoms with Crippen LogP contribution in [-0.2, 0) is 9.53 Å². The van der Waals surface area contributed by atoms with Gasteiger partial charge in [0.1, 0.15) is 0 Å². The van der Waals surface area contributed by atoms with Gasteiger partial charge in [-0.2, -0.15) is 0 Å². The largest absolute Gasteiger partial charge is 0.381 e. The van der Waals surface area contributed by atoms with Crippen molar-refractivity contribution >= 4 is 5.91 Å². The first-order valence-corrected chi connectivity index (χ1v) is 6.27. The molecule has 0 aromatic heterocycles. The second-order valence-corrected chi connectivity index (χ2v) is 5.16. The number of hydrogen-bond donors (Lipinski definition) is 2. The maximum Gasteiger partial charge on any atom is 0.224 e. The summed E-state index contributed by atoms with van der Waals surface area (Å²) in [6, 6.07) is 0.239. The highest BCUT2D eigenvalue weighted by Gasteiger charge is 2.32. The fourth-order valence-electron chi connectivity index (χ4n) is 2.56. The molecule has 4 nitrogen and oxygen atoms in total. The van der Waals surface area contributed by atoms with Crippen molar-refractivity contribution in [2.24, 2.45) is 17.8 Å². The van der Waals surface area contributed by atoms with E-state index in [0.29, 0.717) is 11.8 Å². The lowest BCUT2D eigenvalue weighted by Gasteiger charge is -2.22. The highest BCUT2D eigenvalue weighted by atomic mass is 16.5. The quantitative estimate of drug-likeness (QED) is 0.731. The summed E-state index contributed by atoms with van der Waals surface area (Å²) in [5.41, 5.74) is 0. The van der Waals surface area contributed by atoms with Crippen LogP contribution in [0.2, 0.25) is 0 Å². The number of hydrogen-bond acceptors (Lipinski definition) is 3. The van der Waals surface area contributed by atoms with Crippen molar-refractivity contribution < 1.29 is 9.53 Å². The molecule has 0 radical (unpaired) electrons. The van der Waals surface area contributed by atoms with Crippen LogP contribution in [0.4, 0.5) is 0 Å². The zero-order chi connectivity index (χ0) is 11.5. The van der Waals surface area contributed by atoms with Crippen LogP contribution in [-0.4, -0.2) is 38.3 Å². The van der Waals surface area contributed by atoms with Crippen molar-refractivity contribution in [2.75, 3.05) is 26.3 Å². The summed E-state index contributed by atoms with van der Waals surface area (Å²) >= 11 is 0. The molecule has 2 aliphatic heterocycles. The summed E-state index contributed by atoms with van der Waals surface area (Å²) in [6.45, 7) is 7.63. The van der Waals surface area contributed by atoms with E-state index in [1.165, 1.54) is 0 Å². The maximum absolute atomic E-state index is 12.0. The second-order valence-electron chi connectivity index (χ2n) is 5.16. The van der Waals surface area contributed by atoms with Crippen LogP contribution in [0.5, 0.6) is 0 Å². The Bertz CT molecular complexity index is 251. The Hall–Kier alpha value is -0.610. The zero-order valence-electron chi connectivity index (χ0n) is 10.2. The molecular formula is C12H22N2O2. The average molecular weight is 226 g/mol. The van der Waals surface area contributed by atoms with Crippen LogP contribution in [0.15, 0.2) is 0 Å². The first kappa shape index (κ1) is 11.9. The van der Waals surface area contributed by atoms with Gasteiger partial charge in [0, 0.05) is 25.1 Å². The van der Waals surface area contributed by atoms with Gasteiger partial charge < -0.3 is 15.4 Å².